The smallest absolute Gasteiger partial charge is 0.240 e. The van der Waals surface area contributed by atoms with E-state index in [4.69, 9.17) is 4.74 Å². The Hall–Kier alpha value is -0.820. The second-order valence-electron chi connectivity index (χ2n) is 4.68. The summed E-state index contributed by atoms with van der Waals surface area (Å²) >= 11 is 0. The van der Waals surface area contributed by atoms with E-state index < -0.39 is 10.0 Å². The van der Waals surface area contributed by atoms with Crippen molar-refractivity contribution in [2.24, 2.45) is 0 Å². The molecule has 2 rings (SSSR count). The molecule has 0 amide bonds. The molecule has 1 heterocycles. The summed E-state index contributed by atoms with van der Waals surface area (Å²) in [6, 6.07) is 5.12. The topological polar surface area (TPSA) is 67.4 Å². The third kappa shape index (κ3) is 4.09. The Morgan fingerprint density at radius 2 is 2.15 bits per heavy atom. The molecule has 0 radical (unpaired) electrons. The van der Waals surface area contributed by atoms with E-state index in [1.54, 1.807) is 18.2 Å². The molecule has 0 fully saturated rings. The van der Waals surface area contributed by atoms with Crippen LogP contribution in [0.15, 0.2) is 23.1 Å². The lowest BCUT2D eigenvalue weighted by Crippen LogP contribution is -2.38. The van der Waals surface area contributed by atoms with Gasteiger partial charge in [0.15, 0.2) is 0 Å². The van der Waals surface area contributed by atoms with Crippen LogP contribution < -0.4 is 14.8 Å². The van der Waals surface area contributed by atoms with Gasteiger partial charge >= 0.3 is 0 Å². The van der Waals surface area contributed by atoms with Crippen LogP contribution in [0.2, 0.25) is 0 Å². The molecule has 1 aliphatic rings. The number of sulfonamides is 1. The minimum Gasteiger partial charge on any atom is -0.493 e. The molecule has 5 nitrogen and oxygen atoms in total. The molecule has 0 saturated heterocycles. The minimum absolute atomic E-state index is 0. The van der Waals surface area contributed by atoms with Crippen LogP contribution in [0.4, 0.5) is 0 Å². The van der Waals surface area contributed by atoms with Crippen LogP contribution >= 0.6 is 12.4 Å². The van der Waals surface area contributed by atoms with Gasteiger partial charge in [-0.05, 0) is 37.2 Å². The van der Waals surface area contributed by atoms with Crippen molar-refractivity contribution in [2.45, 2.75) is 31.2 Å². The summed E-state index contributed by atoms with van der Waals surface area (Å²) in [5.74, 6) is 0.792. The number of ether oxygens (including phenoxy) is 1. The molecule has 0 aromatic heterocycles. The van der Waals surface area contributed by atoms with Gasteiger partial charge in [0.2, 0.25) is 10.0 Å². The zero-order chi connectivity index (χ0) is 13.9. The van der Waals surface area contributed by atoms with E-state index in [2.05, 4.69) is 10.0 Å². The SMILES string of the molecule is CCN[C@H](C)CNS(=O)(=O)c1ccc2c(c1)CCO2.Cl. The van der Waals surface area contributed by atoms with Crippen molar-refractivity contribution in [1.82, 2.24) is 10.0 Å². The highest BCUT2D eigenvalue weighted by atomic mass is 35.5. The van der Waals surface area contributed by atoms with Gasteiger partial charge in [-0.2, -0.15) is 0 Å². The van der Waals surface area contributed by atoms with Crippen molar-refractivity contribution < 1.29 is 13.2 Å². The second-order valence-corrected chi connectivity index (χ2v) is 6.45. The second kappa shape index (κ2) is 7.26. The molecule has 1 aliphatic heterocycles. The fourth-order valence-electron chi connectivity index (χ4n) is 2.07. The van der Waals surface area contributed by atoms with E-state index in [1.807, 2.05) is 13.8 Å². The number of hydrogen-bond donors (Lipinski definition) is 2. The first kappa shape index (κ1) is 17.2. The molecule has 20 heavy (non-hydrogen) atoms. The van der Waals surface area contributed by atoms with Crippen LogP contribution in [0.1, 0.15) is 19.4 Å². The predicted octanol–water partition coefficient (Wildman–Crippen LogP) is 1.32. The number of rotatable bonds is 6. The van der Waals surface area contributed by atoms with Crippen molar-refractivity contribution in [2.75, 3.05) is 19.7 Å². The van der Waals surface area contributed by atoms with Crippen LogP contribution in [0.5, 0.6) is 5.75 Å². The number of likely N-dealkylation sites (N-methyl/N-ethyl adjacent to an activating group) is 1. The Bertz CT molecular complexity index is 549. The molecular formula is C13H21ClN2O3S. The summed E-state index contributed by atoms with van der Waals surface area (Å²) in [6.07, 6.45) is 0.770. The standard InChI is InChI=1S/C13H20N2O3S.ClH/c1-3-14-10(2)9-15-19(16,17)12-4-5-13-11(8-12)6-7-18-13;/h4-5,8,10,14-15H,3,6-7,9H2,1-2H3;1H/t10-;/m1./s1. The lowest BCUT2D eigenvalue weighted by Gasteiger charge is -2.13. The first-order valence-electron chi connectivity index (χ1n) is 6.51. The average molecular weight is 321 g/mol. The molecule has 0 bridgehead atoms. The zero-order valence-electron chi connectivity index (χ0n) is 11.7. The summed E-state index contributed by atoms with van der Waals surface area (Å²) in [4.78, 5) is 0.306. The van der Waals surface area contributed by atoms with Crippen molar-refractivity contribution in [3.05, 3.63) is 23.8 Å². The Balaban J connectivity index is 0.00000200. The van der Waals surface area contributed by atoms with E-state index in [-0.39, 0.29) is 18.4 Å². The molecule has 1 aromatic rings. The van der Waals surface area contributed by atoms with Crippen LogP contribution in [-0.4, -0.2) is 34.2 Å². The van der Waals surface area contributed by atoms with Gasteiger partial charge in [0.1, 0.15) is 5.75 Å². The maximum absolute atomic E-state index is 12.2. The normalized spacial score (nSPS) is 15.1. The molecular weight excluding hydrogens is 300 g/mol. The van der Waals surface area contributed by atoms with E-state index in [0.29, 0.717) is 18.0 Å². The van der Waals surface area contributed by atoms with Crippen LogP contribution in [0.25, 0.3) is 0 Å². The molecule has 0 unspecified atom stereocenters. The first-order chi connectivity index (χ1) is 9.03. The molecule has 0 saturated carbocycles. The van der Waals surface area contributed by atoms with Crippen LogP contribution in [-0.2, 0) is 16.4 Å². The van der Waals surface area contributed by atoms with Crippen LogP contribution in [0.3, 0.4) is 0 Å². The van der Waals surface area contributed by atoms with E-state index in [0.717, 1.165) is 24.3 Å². The average Bonchev–Trinajstić information content (AvgIpc) is 2.84. The maximum atomic E-state index is 12.2. The summed E-state index contributed by atoms with van der Waals surface area (Å²) in [5.41, 5.74) is 0.961. The third-order valence-electron chi connectivity index (χ3n) is 3.10. The molecule has 1 atom stereocenters. The molecule has 1 aromatic carbocycles. The van der Waals surface area contributed by atoms with Gasteiger partial charge < -0.3 is 10.1 Å². The van der Waals surface area contributed by atoms with Gasteiger partial charge in [0.05, 0.1) is 11.5 Å². The van der Waals surface area contributed by atoms with Crippen molar-refractivity contribution >= 4 is 22.4 Å². The van der Waals surface area contributed by atoms with Crippen molar-refractivity contribution in [3.8, 4) is 5.75 Å². The van der Waals surface area contributed by atoms with Crippen molar-refractivity contribution in [3.63, 3.8) is 0 Å². The Labute approximate surface area is 126 Å². The largest absolute Gasteiger partial charge is 0.493 e. The highest BCUT2D eigenvalue weighted by molar-refractivity contribution is 7.89. The highest BCUT2D eigenvalue weighted by Gasteiger charge is 2.19. The van der Waals surface area contributed by atoms with Crippen molar-refractivity contribution in [1.29, 1.82) is 0 Å². The fourth-order valence-corrected chi connectivity index (χ4v) is 3.25. The monoisotopic (exact) mass is 320 g/mol. The Morgan fingerprint density at radius 1 is 1.40 bits per heavy atom. The first-order valence-corrected chi connectivity index (χ1v) is 8.00. The lowest BCUT2D eigenvalue weighted by molar-refractivity contribution is 0.356. The fraction of sp³-hybridized carbons (Fsp3) is 0.538. The van der Waals surface area contributed by atoms with Gasteiger partial charge in [-0.25, -0.2) is 13.1 Å². The van der Waals surface area contributed by atoms with Gasteiger partial charge in [-0.3, -0.25) is 0 Å². The van der Waals surface area contributed by atoms with Crippen LogP contribution in [0, 0.1) is 0 Å². The van der Waals surface area contributed by atoms with Gasteiger partial charge in [0.25, 0.3) is 0 Å². The third-order valence-corrected chi connectivity index (χ3v) is 4.52. The van der Waals surface area contributed by atoms with E-state index in [1.165, 1.54) is 0 Å². The molecule has 114 valence electrons. The number of fused-ring (bicyclic) bond motifs is 1. The van der Waals surface area contributed by atoms with E-state index >= 15 is 0 Å². The minimum atomic E-state index is -3.44. The lowest BCUT2D eigenvalue weighted by atomic mass is 10.2. The number of hydrogen-bond acceptors (Lipinski definition) is 4. The molecule has 0 aliphatic carbocycles. The quantitative estimate of drug-likeness (QED) is 0.829. The summed E-state index contributed by atoms with van der Waals surface area (Å²) < 4.78 is 32.3. The number of halogens is 1. The highest BCUT2D eigenvalue weighted by Crippen LogP contribution is 2.27. The number of nitrogens with one attached hydrogen (secondary N) is 2. The zero-order valence-corrected chi connectivity index (χ0v) is 13.3. The predicted molar refractivity (Wildman–Crippen MR) is 81.2 cm³/mol. The number of benzene rings is 1. The Kier molecular flexibility index (Phi) is 6.26. The molecule has 0 spiro atoms. The van der Waals surface area contributed by atoms with Gasteiger partial charge in [-0.15, -0.1) is 12.4 Å². The molecule has 2 N–H and O–H groups in total. The van der Waals surface area contributed by atoms with Gasteiger partial charge in [0, 0.05) is 19.0 Å². The summed E-state index contributed by atoms with van der Waals surface area (Å²) in [5, 5.41) is 3.16. The van der Waals surface area contributed by atoms with Gasteiger partial charge in [-0.1, -0.05) is 6.92 Å². The van der Waals surface area contributed by atoms with E-state index in [9.17, 15) is 8.42 Å². The Morgan fingerprint density at radius 3 is 2.85 bits per heavy atom. The molecule has 7 heteroatoms. The summed E-state index contributed by atoms with van der Waals surface area (Å²) in [6.45, 7) is 5.76. The summed E-state index contributed by atoms with van der Waals surface area (Å²) in [7, 11) is -3.44. The maximum Gasteiger partial charge on any atom is 0.240 e.